The number of para-hydroxylation sites is 3. The average molecular weight is 533 g/mol. The first kappa shape index (κ1) is 29.5. The number of rotatable bonds is 11. The van der Waals surface area contributed by atoms with Crippen molar-refractivity contribution in [2.75, 3.05) is 10.6 Å². The molecule has 0 radical (unpaired) electrons. The third kappa shape index (κ3) is 6.97. The molecule has 2 N–H and O–H groups in total. The Bertz CT molecular complexity index is 1400. The minimum Gasteiger partial charge on any atom is -0.355 e. The van der Waals surface area contributed by atoms with Crippen molar-refractivity contribution in [2.24, 2.45) is 0 Å². The van der Waals surface area contributed by atoms with Crippen molar-refractivity contribution in [2.45, 2.75) is 91.9 Å². The van der Waals surface area contributed by atoms with E-state index in [0.717, 1.165) is 18.5 Å². The van der Waals surface area contributed by atoms with E-state index < -0.39 is 0 Å². The van der Waals surface area contributed by atoms with Crippen molar-refractivity contribution in [3.63, 3.8) is 0 Å². The molecule has 0 aliphatic heterocycles. The Morgan fingerprint density at radius 2 is 0.975 bits per heavy atom. The van der Waals surface area contributed by atoms with Crippen LogP contribution in [0.2, 0.25) is 0 Å². The van der Waals surface area contributed by atoms with E-state index in [4.69, 9.17) is 0 Å². The largest absolute Gasteiger partial charge is 0.355 e. The van der Waals surface area contributed by atoms with Crippen LogP contribution in [0.5, 0.6) is 0 Å². The van der Waals surface area contributed by atoms with Crippen molar-refractivity contribution in [1.29, 1.82) is 0 Å². The van der Waals surface area contributed by atoms with Crippen LogP contribution < -0.4 is 10.6 Å². The van der Waals surface area contributed by atoms with Crippen molar-refractivity contribution in [3.05, 3.63) is 118 Å². The van der Waals surface area contributed by atoms with Crippen LogP contribution >= 0.6 is 0 Å². The van der Waals surface area contributed by atoms with E-state index in [1.165, 1.54) is 50.4 Å². The fraction of sp³-hybridized carbons (Fsp3) is 0.368. The first-order valence-corrected chi connectivity index (χ1v) is 15.1. The number of nitrogens with one attached hydrogen (secondary N) is 2. The molecular formula is C38H48N2. The molecular weight excluding hydrogens is 484 g/mol. The predicted octanol–water partition coefficient (Wildman–Crippen LogP) is 11.7. The Hall–Kier alpha value is -3.52. The van der Waals surface area contributed by atoms with Crippen LogP contribution in [0.4, 0.5) is 22.7 Å². The molecule has 0 aliphatic carbocycles. The lowest BCUT2D eigenvalue weighted by molar-refractivity contribution is 0.574. The number of aryl methyl sites for hydroxylation is 2. The van der Waals surface area contributed by atoms with Crippen LogP contribution in [0.15, 0.2) is 84.9 Å². The Kier molecular flexibility index (Phi) is 9.74. The minimum atomic E-state index is 0.439. The molecule has 0 amide bonds. The maximum atomic E-state index is 3.84. The zero-order chi connectivity index (χ0) is 28.8. The van der Waals surface area contributed by atoms with Gasteiger partial charge >= 0.3 is 0 Å². The van der Waals surface area contributed by atoms with E-state index in [0.29, 0.717) is 23.7 Å². The van der Waals surface area contributed by atoms with Crippen LogP contribution in [-0.2, 0) is 0 Å². The fourth-order valence-corrected chi connectivity index (χ4v) is 5.69. The molecule has 4 aromatic carbocycles. The Morgan fingerprint density at radius 1 is 0.500 bits per heavy atom. The van der Waals surface area contributed by atoms with Gasteiger partial charge in [0.15, 0.2) is 0 Å². The molecule has 0 fully saturated rings. The Balaban J connectivity index is 1.59. The van der Waals surface area contributed by atoms with Gasteiger partial charge in [0.1, 0.15) is 0 Å². The first-order chi connectivity index (χ1) is 19.2. The zero-order valence-electron chi connectivity index (χ0n) is 25.8. The van der Waals surface area contributed by atoms with Gasteiger partial charge in [0.05, 0.1) is 0 Å². The van der Waals surface area contributed by atoms with E-state index in [1.54, 1.807) is 0 Å². The van der Waals surface area contributed by atoms with Gasteiger partial charge in [-0.1, -0.05) is 114 Å². The van der Waals surface area contributed by atoms with E-state index in [2.05, 4.69) is 151 Å². The summed E-state index contributed by atoms with van der Waals surface area (Å²) in [5.74, 6) is 1.78. The van der Waals surface area contributed by atoms with Crippen LogP contribution in [0.3, 0.4) is 0 Å². The highest BCUT2D eigenvalue weighted by atomic mass is 14.9. The highest BCUT2D eigenvalue weighted by Gasteiger charge is 2.20. The molecule has 0 bridgehead atoms. The molecule has 40 heavy (non-hydrogen) atoms. The standard InChI is InChI=1S/C38H48N2/c1-25(2)32-14-11-16-34(37(32)39-31-23-19-27(5)20-24-31)28(6)21-22-29(7)35-17-12-15-33(26(3)4)38(35)40-36-18-10-9-13-30(36)8/h9-20,23-26,28-29,39-40H,21-22H2,1-8H3. The molecule has 2 heteroatoms. The summed E-state index contributed by atoms with van der Waals surface area (Å²) in [5, 5.41) is 7.64. The van der Waals surface area contributed by atoms with E-state index in [9.17, 15) is 0 Å². The molecule has 0 spiro atoms. The lowest BCUT2D eigenvalue weighted by Crippen LogP contribution is -2.08. The topological polar surface area (TPSA) is 24.1 Å². The van der Waals surface area contributed by atoms with Gasteiger partial charge in [0.2, 0.25) is 0 Å². The fourth-order valence-electron chi connectivity index (χ4n) is 5.69. The third-order valence-electron chi connectivity index (χ3n) is 8.32. The summed E-state index contributed by atoms with van der Waals surface area (Å²) in [6.07, 6.45) is 2.25. The third-order valence-corrected chi connectivity index (χ3v) is 8.32. The highest BCUT2D eigenvalue weighted by molar-refractivity contribution is 5.71. The van der Waals surface area contributed by atoms with Gasteiger partial charge in [-0.25, -0.2) is 0 Å². The maximum absolute atomic E-state index is 3.84. The smallest absolute Gasteiger partial charge is 0.0454 e. The molecule has 4 rings (SSSR count). The summed E-state index contributed by atoms with van der Waals surface area (Å²) >= 11 is 0. The molecule has 0 saturated carbocycles. The van der Waals surface area contributed by atoms with Gasteiger partial charge in [-0.05, 0) is 96.4 Å². The molecule has 2 nitrogen and oxygen atoms in total. The molecule has 0 heterocycles. The predicted molar refractivity (Wildman–Crippen MR) is 176 cm³/mol. The number of hydrogen-bond acceptors (Lipinski definition) is 2. The molecule has 0 aliphatic rings. The monoisotopic (exact) mass is 532 g/mol. The Labute approximate surface area is 243 Å². The maximum Gasteiger partial charge on any atom is 0.0454 e. The first-order valence-electron chi connectivity index (χ1n) is 15.1. The normalized spacial score (nSPS) is 12.9. The summed E-state index contributed by atoms with van der Waals surface area (Å²) < 4.78 is 0. The lowest BCUT2D eigenvalue weighted by atomic mass is 9.84. The van der Waals surface area contributed by atoms with Crippen molar-refractivity contribution >= 4 is 22.7 Å². The number of benzene rings is 4. The summed E-state index contributed by atoms with van der Waals surface area (Å²) in [6, 6.07) is 31.0. The van der Waals surface area contributed by atoms with E-state index in [-0.39, 0.29) is 0 Å². The summed E-state index contributed by atoms with van der Waals surface area (Å²) in [4.78, 5) is 0. The van der Waals surface area contributed by atoms with Gasteiger partial charge in [0.25, 0.3) is 0 Å². The van der Waals surface area contributed by atoms with Crippen LogP contribution in [0, 0.1) is 13.8 Å². The molecule has 210 valence electrons. The number of anilines is 4. The molecule has 0 aromatic heterocycles. The molecule has 2 atom stereocenters. The van der Waals surface area contributed by atoms with Crippen LogP contribution in [0.25, 0.3) is 0 Å². The van der Waals surface area contributed by atoms with E-state index >= 15 is 0 Å². The van der Waals surface area contributed by atoms with Gasteiger partial charge in [-0.15, -0.1) is 0 Å². The minimum absolute atomic E-state index is 0.439. The van der Waals surface area contributed by atoms with Crippen LogP contribution in [-0.4, -0.2) is 0 Å². The molecule has 2 unspecified atom stereocenters. The van der Waals surface area contributed by atoms with Crippen LogP contribution in [0.1, 0.15) is 111 Å². The van der Waals surface area contributed by atoms with Gasteiger partial charge in [-0.3, -0.25) is 0 Å². The van der Waals surface area contributed by atoms with Crippen molar-refractivity contribution in [3.8, 4) is 0 Å². The Morgan fingerprint density at radius 3 is 1.48 bits per heavy atom. The van der Waals surface area contributed by atoms with Crippen molar-refractivity contribution in [1.82, 2.24) is 0 Å². The SMILES string of the molecule is Cc1ccc(Nc2c(C(C)C)cccc2C(C)CCC(C)c2cccc(C(C)C)c2Nc2ccccc2C)cc1. The van der Waals surface area contributed by atoms with Crippen molar-refractivity contribution < 1.29 is 0 Å². The quantitative estimate of drug-likeness (QED) is 0.201. The second-order valence-corrected chi connectivity index (χ2v) is 12.2. The molecule has 0 saturated heterocycles. The van der Waals surface area contributed by atoms with Gasteiger partial charge < -0.3 is 10.6 Å². The number of hydrogen-bond donors (Lipinski definition) is 2. The van der Waals surface area contributed by atoms with E-state index in [1.807, 2.05) is 0 Å². The summed E-state index contributed by atoms with van der Waals surface area (Å²) in [6.45, 7) is 18.3. The summed E-state index contributed by atoms with van der Waals surface area (Å²) in [5.41, 5.74) is 13.1. The zero-order valence-corrected chi connectivity index (χ0v) is 25.8. The average Bonchev–Trinajstić information content (AvgIpc) is 2.94. The molecule has 4 aromatic rings. The second-order valence-electron chi connectivity index (χ2n) is 12.2. The van der Waals surface area contributed by atoms with Gasteiger partial charge in [0, 0.05) is 22.7 Å². The second kappa shape index (κ2) is 13.2. The van der Waals surface area contributed by atoms with Gasteiger partial charge in [-0.2, -0.15) is 0 Å². The summed E-state index contributed by atoms with van der Waals surface area (Å²) in [7, 11) is 0. The highest BCUT2D eigenvalue weighted by Crippen LogP contribution is 2.40. The lowest BCUT2D eigenvalue weighted by Gasteiger charge is -2.25.